The van der Waals surface area contributed by atoms with Gasteiger partial charge in [0.1, 0.15) is 0 Å². The molecule has 0 atom stereocenters. The molecule has 2 rings (SSSR count). The molecule has 1 aromatic heterocycles. The molecule has 0 spiro atoms. The van der Waals surface area contributed by atoms with E-state index in [1.165, 1.54) is 16.5 Å². The fourth-order valence-electron chi connectivity index (χ4n) is 2.23. The number of carbonyl (C=O) groups excluding carboxylic acids is 1. The number of likely N-dealkylation sites (N-methyl/N-ethyl adjacent to an activating group) is 1. The van der Waals surface area contributed by atoms with Crippen LogP contribution in [-0.2, 0) is 18.3 Å². The molecule has 0 aliphatic heterocycles. The summed E-state index contributed by atoms with van der Waals surface area (Å²) >= 11 is 0. The predicted molar refractivity (Wildman–Crippen MR) is 70.2 cm³/mol. The number of aromatic nitrogens is 1. The van der Waals surface area contributed by atoms with Crippen molar-refractivity contribution < 1.29 is 4.79 Å². The highest BCUT2D eigenvalue weighted by Crippen LogP contribution is 2.26. The van der Waals surface area contributed by atoms with Crippen molar-refractivity contribution in [2.75, 3.05) is 7.05 Å². The third-order valence-corrected chi connectivity index (χ3v) is 3.39. The summed E-state index contributed by atoms with van der Waals surface area (Å²) in [6, 6.07) is 6.37. The van der Waals surface area contributed by atoms with E-state index in [1.54, 1.807) is 7.05 Å². The minimum absolute atomic E-state index is 0.0575. The lowest BCUT2D eigenvalue weighted by Gasteiger charge is -2.01. The van der Waals surface area contributed by atoms with Crippen LogP contribution in [0.1, 0.15) is 16.8 Å². The van der Waals surface area contributed by atoms with Crippen LogP contribution in [0.25, 0.3) is 10.9 Å². The number of nitrogens with one attached hydrogen (secondary N) is 1. The molecule has 3 heteroatoms. The zero-order valence-corrected chi connectivity index (χ0v) is 10.8. The second-order valence-corrected chi connectivity index (χ2v) is 4.49. The number of hydrogen-bond donors (Lipinski definition) is 1. The molecule has 0 aliphatic carbocycles. The van der Waals surface area contributed by atoms with Gasteiger partial charge in [0, 0.05) is 30.7 Å². The van der Waals surface area contributed by atoms with Crippen LogP contribution in [0.2, 0.25) is 0 Å². The topological polar surface area (TPSA) is 34.0 Å². The van der Waals surface area contributed by atoms with Crippen molar-refractivity contribution in [2.45, 2.75) is 20.3 Å². The fraction of sp³-hybridized carbons (Fsp3) is 0.357. The van der Waals surface area contributed by atoms with Gasteiger partial charge >= 0.3 is 0 Å². The molecule has 3 nitrogen and oxygen atoms in total. The smallest absolute Gasteiger partial charge is 0.224 e. The minimum atomic E-state index is 0.0575. The molecule has 1 amide bonds. The third-order valence-electron chi connectivity index (χ3n) is 3.39. The molecule has 0 bridgehead atoms. The van der Waals surface area contributed by atoms with E-state index in [9.17, 15) is 4.79 Å². The van der Waals surface area contributed by atoms with Crippen LogP contribution in [0.5, 0.6) is 0 Å². The molecule has 1 aromatic carbocycles. The van der Waals surface area contributed by atoms with E-state index in [2.05, 4.69) is 41.9 Å². The van der Waals surface area contributed by atoms with E-state index >= 15 is 0 Å². The highest BCUT2D eigenvalue weighted by Gasteiger charge is 2.14. The standard InChI is InChI=1S/C14H18N2O/c1-9-5-6-13-12(7-9)11(8-14(17)15-3)10(2)16(13)4/h5-7H,8H2,1-4H3,(H,15,17). The van der Waals surface area contributed by atoms with E-state index in [-0.39, 0.29) is 5.91 Å². The van der Waals surface area contributed by atoms with Gasteiger partial charge in [0.25, 0.3) is 0 Å². The van der Waals surface area contributed by atoms with Crippen LogP contribution in [0.15, 0.2) is 18.2 Å². The normalized spacial score (nSPS) is 10.8. The summed E-state index contributed by atoms with van der Waals surface area (Å²) in [4.78, 5) is 11.6. The van der Waals surface area contributed by atoms with Crippen molar-refractivity contribution in [3.63, 3.8) is 0 Å². The Morgan fingerprint density at radius 2 is 2.06 bits per heavy atom. The lowest BCUT2D eigenvalue weighted by molar-refractivity contribution is -0.119. The third kappa shape index (κ3) is 1.93. The Balaban J connectivity index is 2.64. The zero-order chi connectivity index (χ0) is 12.6. The van der Waals surface area contributed by atoms with Crippen molar-refractivity contribution in [3.8, 4) is 0 Å². The summed E-state index contributed by atoms with van der Waals surface area (Å²) < 4.78 is 2.15. The number of amides is 1. The van der Waals surface area contributed by atoms with Gasteiger partial charge < -0.3 is 9.88 Å². The summed E-state index contributed by atoms with van der Waals surface area (Å²) in [6.07, 6.45) is 0.448. The first-order chi connectivity index (χ1) is 8.04. The maximum Gasteiger partial charge on any atom is 0.224 e. The van der Waals surface area contributed by atoms with Crippen LogP contribution in [-0.4, -0.2) is 17.5 Å². The van der Waals surface area contributed by atoms with E-state index < -0.39 is 0 Å². The number of rotatable bonds is 2. The summed E-state index contributed by atoms with van der Waals surface area (Å²) in [5.41, 5.74) is 4.70. The van der Waals surface area contributed by atoms with Gasteiger partial charge in [-0.15, -0.1) is 0 Å². The largest absolute Gasteiger partial charge is 0.359 e. The predicted octanol–water partition coefficient (Wildman–Crippen LogP) is 2.08. The van der Waals surface area contributed by atoms with Crippen LogP contribution in [0.3, 0.4) is 0 Å². The number of hydrogen-bond acceptors (Lipinski definition) is 1. The van der Waals surface area contributed by atoms with Crippen molar-refractivity contribution in [2.24, 2.45) is 7.05 Å². The highest BCUT2D eigenvalue weighted by atomic mass is 16.1. The molecule has 90 valence electrons. The first-order valence-corrected chi connectivity index (χ1v) is 5.79. The minimum Gasteiger partial charge on any atom is -0.359 e. The molecule has 2 aromatic rings. The average molecular weight is 230 g/mol. The SMILES string of the molecule is CNC(=O)Cc1c(C)n(C)c2ccc(C)cc12. The molecule has 0 aliphatic rings. The maximum atomic E-state index is 11.6. The zero-order valence-electron chi connectivity index (χ0n) is 10.8. The van der Waals surface area contributed by atoms with E-state index in [4.69, 9.17) is 0 Å². The molecule has 0 unspecified atom stereocenters. The van der Waals surface area contributed by atoms with Crippen LogP contribution >= 0.6 is 0 Å². The molecular weight excluding hydrogens is 212 g/mol. The first kappa shape index (κ1) is 11.7. The van der Waals surface area contributed by atoms with Crippen molar-refractivity contribution >= 4 is 16.8 Å². The van der Waals surface area contributed by atoms with Gasteiger partial charge in [0.2, 0.25) is 5.91 Å². The Morgan fingerprint density at radius 3 is 2.71 bits per heavy atom. The lowest BCUT2D eigenvalue weighted by Crippen LogP contribution is -2.20. The number of carbonyl (C=O) groups is 1. The number of nitrogens with zero attached hydrogens (tertiary/aromatic N) is 1. The van der Waals surface area contributed by atoms with Crippen LogP contribution in [0, 0.1) is 13.8 Å². The van der Waals surface area contributed by atoms with Crippen molar-refractivity contribution in [1.82, 2.24) is 9.88 Å². The molecular formula is C14H18N2O. The van der Waals surface area contributed by atoms with Gasteiger partial charge in [-0.25, -0.2) is 0 Å². The molecule has 17 heavy (non-hydrogen) atoms. The van der Waals surface area contributed by atoms with Crippen molar-refractivity contribution in [3.05, 3.63) is 35.0 Å². The maximum absolute atomic E-state index is 11.6. The summed E-state index contributed by atoms with van der Waals surface area (Å²) in [5.74, 6) is 0.0575. The fourth-order valence-corrected chi connectivity index (χ4v) is 2.23. The summed E-state index contributed by atoms with van der Waals surface area (Å²) in [7, 11) is 3.72. The summed E-state index contributed by atoms with van der Waals surface area (Å²) in [5, 5.41) is 3.87. The van der Waals surface area contributed by atoms with Gasteiger partial charge in [-0.3, -0.25) is 4.79 Å². The van der Waals surface area contributed by atoms with E-state index in [1.807, 2.05) is 7.05 Å². The van der Waals surface area contributed by atoms with E-state index in [0.29, 0.717) is 6.42 Å². The highest BCUT2D eigenvalue weighted by molar-refractivity contribution is 5.91. The number of fused-ring (bicyclic) bond motifs is 1. The number of benzene rings is 1. The van der Waals surface area contributed by atoms with Gasteiger partial charge in [-0.05, 0) is 31.5 Å². The van der Waals surface area contributed by atoms with Gasteiger partial charge in [0.05, 0.1) is 6.42 Å². The van der Waals surface area contributed by atoms with Gasteiger partial charge in [-0.2, -0.15) is 0 Å². The lowest BCUT2D eigenvalue weighted by atomic mass is 10.1. The van der Waals surface area contributed by atoms with Crippen LogP contribution < -0.4 is 5.32 Å². The Labute approximate surface area is 101 Å². The monoisotopic (exact) mass is 230 g/mol. The van der Waals surface area contributed by atoms with Crippen molar-refractivity contribution in [1.29, 1.82) is 0 Å². The number of aryl methyl sites for hydroxylation is 2. The Kier molecular flexibility index (Phi) is 2.92. The Hall–Kier alpha value is -1.77. The Bertz CT molecular complexity index is 581. The first-order valence-electron chi connectivity index (χ1n) is 5.79. The van der Waals surface area contributed by atoms with Gasteiger partial charge in [-0.1, -0.05) is 11.6 Å². The molecule has 0 radical (unpaired) electrons. The average Bonchev–Trinajstić information content (AvgIpc) is 2.54. The molecule has 1 heterocycles. The second-order valence-electron chi connectivity index (χ2n) is 4.49. The molecule has 0 fully saturated rings. The van der Waals surface area contributed by atoms with Gasteiger partial charge in [0.15, 0.2) is 0 Å². The summed E-state index contributed by atoms with van der Waals surface area (Å²) in [6.45, 7) is 4.14. The van der Waals surface area contributed by atoms with E-state index in [0.717, 1.165) is 11.3 Å². The second kappa shape index (κ2) is 4.24. The van der Waals surface area contributed by atoms with Crippen LogP contribution in [0.4, 0.5) is 0 Å². The molecule has 0 saturated carbocycles. The quantitative estimate of drug-likeness (QED) is 0.842. The molecule has 0 saturated heterocycles. The Morgan fingerprint density at radius 1 is 1.35 bits per heavy atom. The molecule has 1 N–H and O–H groups in total.